The summed E-state index contributed by atoms with van der Waals surface area (Å²) in [5.41, 5.74) is 0. The molecule has 0 saturated heterocycles. The van der Waals surface area contributed by atoms with Gasteiger partial charge >= 0.3 is 6.16 Å². The number of ether oxygens (including phenoxy) is 2. The number of rotatable bonds is 3. The van der Waals surface area contributed by atoms with E-state index in [0.29, 0.717) is 0 Å². The molecule has 0 aromatic carbocycles. The van der Waals surface area contributed by atoms with Gasteiger partial charge in [-0.25, -0.2) is 4.79 Å². The highest BCUT2D eigenvalue weighted by molar-refractivity contribution is 5.57. The minimum Gasteiger partial charge on any atom is -0.450 e. The van der Waals surface area contributed by atoms with Gasteiger partial charge in [0.2, 0.25) is 5.79 Å². The maximum absolute atomic E-state index is 10.1. The standard InChI is InChI=1S/C7H14O4/c1-5(2)10-7(3,4)11-6(8)9/h5H,1-4H3,(H,8,9). The van der Waals surface area contributed by atoms with Crippen molar-refractivity contribution in [3.8, 4) is 0 Å². The molecule has 0 atom stereocenters. The van der Waals surface area contributed by atoms with E-state index in [4.69, 9.17) is 9.84 Å². The Kier molecular flexibility index (Phi) is 3.32. The highest BCUT2D eigenvalue weighted by Crippen LogP contribution is 2.13. The molecule has 0 heterocycles. The molecular weight excluding hydrogens is 148 g/mol. The van der Waals surface area contributed by atoms with Crippen LogP contribution in [0.25, 0.3) is 0 Å². The predicted molar refractivity (Wildman–Crippen MR) is 39.4 cm³/mol. The van der Waals surface area contributed by atoms with Gasteiger partial charge in [-0.15, -0.1) is 0 Å². The fraction of sp³-hybridized carbons (Fsp3) is 0.857. The zero-order chi connectivity index (χ0) is 9.07. The van der Waals surface area contributed by atoms with Crippen molar-refractivity contribution >= 4 is 6.16 Å². The molecule has 66 valence electrons. The molecule has 0 bridgehead atoms. The molecule has 4 nitrogen and oxygen atoms in total. The highest BCUT2D eigenvalue weighted by atomic mass is 16.8. The summed E-state index contributed by atoms with van der Waals surface area (Å²) in [4.78, 5) is 10.1. The molecular formula is C7H14O4. The highest BCUT2D eigenvalue weighted by Gasteiger charge is 2.24. The van der Waals surface area contributed by atoms with Gasteiger partial charge in [0.1, 0.15) is 0 Å². The molecule has 0 aliphatic rings. The van der Waals surface area contributed by atoms with Gasteiger partial charge in [-0.3, -0.25) is 0 Å². The van der Waals surface area contributed by atoms with E-state index in [9.17, 15) is 4.79 Å². The lowest BCUT2D eigenvalue weighted by Gasteiger charge is -2.25. The van der Waals surface area contributed by atoms with Crippen molar-refractivity contribution in [3.63, 3.8) is 0 Å². The molecule has 0 fully saturated rings. The summed E-state index contributed by atoms with van der Waals surface area (Å²) in [6.45, 7) is 6.74. The molecule has 0 radical (unpaired) electrons. The molecule has 11 heavy (non-hydrogen) atoms. The summed E-state index contributed by atoms with van der Waals surface area (Å²) in [6.07, 6.45) is -1.38. The van der Waals surface area contributed by atoms with Crippen molar-refractivity contribution in [2.45, 2.75) is 39.6 Å². The first-order valence-electron chi connectivity index (χ1n) is 3.43. The molecule has 0 aliphatic heterocycles. The molecule has 0 unspecified atom stereocenters. The first-order chi connectivity index (χ1) is 4.83. The predicted octanol–water partition coefficient (Wildman–Crippen LogP) is 1.84. The third kappa shape index (κ3) is 5.66. The average molecular weight is 162 g/mol. The Morgan fingerprint density at radius 2 is 1.91 bits per heavy atom. The molecule has 0 rings (SSSR count). The Labute approximate surface area is 66.1 Å². The maximum Gasteiger partial charge on any atom is 0.508 e. The second kappa shape index (κ2) is 3.57. The molecule has 0 saturated carbocycles. The zero-order valence-electron chi connectivity index (χ0n) is 7.25. The average Bonchev–Trinajstić information content (AvgIpc) is 1.53. The fourth-order valence-electron chi connectivity index (χ4n) is 0.802. The van der Waals surface area contributed by atoms with E-state index >= 15 is 0 Å². The van der Waals surface area contributed by atoms with Gasteiger partial charge in [0.05, 0.1) is 6.10 Å². The Morgan fingerprint density at radius 3 is 2.18 bits per heavy atom. The van der Waals surface area contributed by atoms with Crippen LogP contribution in [0.2, 0.25) is 0 Å². The second-order valence-corrected chi connectivity index (χ2v) is 2.93. The molecule has 0 aromatic heterocycles. The van der Waals surface area contributed by atoms with Crippen LogP contribution in [0, 0.1) is 0 Å². The number of hydrogen-bond donors (Lipinski definition) is 1. The van der Waals surface area contributed by atoms with Gasteiger partial charge in [0, 0.05) is 13.8 Å². The van der Waals surface area contributed by atoms with Gasteiger partial charge in [-0.2, -0.15) is 0 Å². The third-order valence-electron chi connectivity index (χ3n) is 0.853. The SMILES string of the molecule is CC(C)OC(C)(C)OC(=O)O. The van der Waals surface area contributed by atoms with Crippen LogP contribution < -0.4 is 0 Å². The monoisotopic (exact) mass is 162 g/mol. The van der Waals surface area contributed by atoms with Crippen molar-refractivity contribution in [2.75, 3.05) is 0 Å². The minimum atomic E-state index is -1.32. The molecule has 0 amide bonds. The quantitative estimate of drug-likeness (QED) is 0.508. The Hall–Kier alpha value is -0.770. The smallest absolute Gasteiger partial charge is 0.450 e. The third-order valence-corrected chi connectivity index (χ3v) is 0.853. The van der Waals surface area contributed by atoms with Crippen LogP contribution in [-0.2, 0) is 9.47 Å². The fourth-order valence-corrected chi connectivity index (χ4v) is 0.802. The Morgan fingerprint density at radius 1 is 1.45 bits per heavy atom. The topological polar surface area (TPSA) is 55.8 Å². The Bertz CT molecular complexity index is 139. The van der Waals surface area contributed by atoms with E-state index in [2.05, 4.69) is 4.74 Å². The molecule has 0 aromatic rings. The largest absolute Gasteiger partial charge is 0.508 e. The molecule has 0 aliphatic carbocycles. The number of carbonyl (C=O) groups is 1. The van der Waals surface area contributed by atoms with Gasteiger partial charge in [0.25, 0.3) is 0 Å². The molecule has 4 heteroatoms. The molecule has 1 N–H and O–H groups in total. The normalized spacial score (nSPS) is 11.7. The number of hydrogen-bond acceptors (Lipinski definition) is 3. The van der Waals surface area contributed by atoms with E-state index in [0.717, 1.165) is 0 Å². The van der Waals surface area contributed by atoms with E-state index in [-0.39, 0.29) is 6.10 Å². The van der Waals surface area contributed by atoms with Gasteiger partial charge in [-0.1, -0.05) is 0 Å². The van der Waals surface area contributed by atoms with Crippen LogP contribution >= 0.6 is 0 Å². The molecule has 0 spiro atoms. The summed E-state index contributed by atoms with van der Waals surface area (Å²) < 4.78 is 9.59. The van der Waals surface area contributed by atoms with E-state index < -0.39 is 11.9 Å². The zero-order valence-corrected chi connectivity index (χ0v) is 7.25. The minimum absolute atomic E-state index is 0.0515. The maximum atomic E-state index is 10.1. The van der Waals surface area contributed by atoms with E-state index in [1.54, 1.807) is 13.8 Å². The van der Waals surface area contributed by atoms with E-state index in [1.165, 1.54) is 0 Å². The van der Waals surface area contributed by atoms with Crippen LogP contribution in [0.15, 0.2) is 0 Å². The van der Waals surface area contributed by atoms with Crippen LogP contribution in [0.3, 0.4) is 0 Å². The van der Waals surface area contributed by atoms with Crippen LogP contribution in [0.1, 0.15) is 27.7 Å². The van der Waals surface area contributed by atoms with Crippen molar-refractivity contribution < 1.29 is 19.4 Å². The van der Waals surface area contributed by atoms with Crippen molar-refractivity contribution in [1.29, 1.82) is 0 Å². The first kappa shape index (κ1) is 10.2. The first-order valence-corrected chi connectivity index (χ1v) is 3.43. The van der Waals surface area contributed by atoms with Crippen LogP contribution in [-0.4, -0.2) is 23.2 Å². The van der Waals surface area contributed by atoms with Gasteiger partial charge in [-0.05, 0) is 13.8 Å². The van der Waals surface area contributed by atoms with Crippen molar-refractivity contribution in [2.24, 2.45) is 0 Å². The second-order valence-electron chi connectivity index (χ2n) is 2.93. The van der Waals surface area contributed by atoms with E-state index in [1.807, 2.05) is 13.8 Å². The summed E-state index contributed by atoms with van der Waals surface area (Å²) in [5.74, 6) is -1.06. The summed E-state index contributed by atoms with van der Waals surface area (Å²) in [5, 5.41) is 8.26. The lowest BCUT2D eigenvalue weighted by molar-refractivity contribution is -0.204. The van der Waals surface area contributed by atoms with Crippen LogP contribution in [0.5, 0.6) is 0 Å². The lowest BCUT2D eigenvalue weighted by Crippen LogP contribution is -2.33. The van der Waals surface area contributed by atoms with Crippen molar-refractivity contribution in [3.05, 3.63) is 0 Å². The summed E-state index contributed by atoms with van der Waals surface area (Å²) >= 11 is 0. The summed E-state index contributed by atoms with van der Waals surface area (Å²) in [7, 11) is 0. The van der Waals surface area contributed by atoms with Gasteiger partial charge < -0.3 is 14.6 Å². The van der Waals surface area contributed by atoms with Gasteiger partial charge in [0.15, 0.2) is 0 Å². The van der Waals surface area contributed by atoms with Crippen LogP contribution in [0.4, 0.5) is 4.79 Å². The van der Waals surface area contributed by atoms with Crippen molar-refractivity contribution in [1.82, 2.24) is 0 Å². The Balaban J connectivity index is 3.89. The number of carboxylic acid groups (broad SMARTS) is 1. The lowest BCUT2D eigenvalue weighted by atomic mass is 10.3. The summed E-state index contributed by atoms with van der Waals surface area (Å²) in [6, 6.07) is 0.